The number of carbonyl (C=O) groups is 1. The zero-order valence-electron chi connectivity index (χ0n) is 7.14. The first-order chi connectivity index (χ1) is 6.24. The van der Waals surface area contributed by atoms with Gasteiger partial charge < -0.3 is 10.7 Å². The smallest absolute Gasteiger partial charge is 0.201 e. The Morgan fingerprint density at radius 1 is 1.86 bits per heavy atom. The van der Waals surface area contributed by atoms with Crippen molar-refractivity contribution in [3.8, 4) is 0 Å². The number of H-pyrrole nitrogens is 1. The van der Waals surface area contributed by atoms with E-state index >= 15 is 0 Å². The quantitative estimate of drug-likeness (QED) is 0.344. The molecule has 0 bridgehead atoms. The molecule has 8 heteroatoms. The van der Waals surface area contributed by atoms with E-state index in [-0.39, 0.29) is 37.5 Å². The zero-order valence-corrected chi connectivity index (χ0v) is 11.3. The van der Waals surface area contributed by atoms with Crippen LogP contribution < -0.4 is 0 Å². The van der Waals surface area contributed by atoms with E-state index in [0.29, 0.717) is 5.69 Å². The number of nitrogens with one attached hydrogen (secondary N) is 2. The molecule has 0 spiro atoms. The molecule has 0 aliphatic rings. The van der Waals surface area contributed by atoms with Crippen LogP contribution in [0.3, 0.4) is 0 Å². The molecule has 7 nitrogen and oxygen atoms in total. The third-order valence-electron chi connectivity index (χ3n) is 1.42. The van der Waals surface area contributed by atoms with E-state index < -0.39 is 11.9 Å². The van der Waals surface area contributed by atoms with Gasteiger partial charge in [0.05, 0.1) is 6.33 Å². The Morgan fingerprint density at radius 3 is 3.07 bits per heavy atom. The Bertz CT molecular complexity index is 330. The Hall–Kier alpha value is -0.798. The fourth-order valence-electron chi connectivity index (χ4n) is 0.817. The summed E-state index contributed by atoms with van der Waals surface area (Å²) in [5.74, 6) is -0.780. The van der Waals surface area contributed by atoms with Crippen LogP contribution in [0.15, 0.2) is 17.6 Å². The summed E-state index contributed by atoms with van der Waals surface area (Å²) in [6, 6.07) is -1.06. The number of imidazole rings is 1. The molecule has 2 N–H and O–H groups in total. The number of aromatic amines is 1. The number of rotatable bonds is 3. The van der Waals surface area contributed by atoms with Crippen LogP contribution in [0.1, 0.15) is 5.69 Å². The molecular weight excluding hydrogens is 411 g/mol. The Labute approximate surface area is 103 Å². The average molecular weight is 418 g/mol. The van der Waals surface area contributed by atoms with Crippen LogP contribution in [0, 0.1) is 31.1 Å². The van der Waals surface area contributed by atoms with Crippen LogP contribution in [-0.4, -0.2) is 21.9 Å². The van der Waals surface area contributed by atoms with Gasteiger partial charge in [-0.1, -0.05) is 6.04 Å². The van der Waals surface area contributed by atoms with Crippen LogP contribution >= 0.6 is 0 Å². The summed E-state index contributed by atoms with van der Waals surface area (Å²) in [6.45, 7) is 0. The van der Waals surface area contributed by atoms with Crippen molar-refractivity contribution in [2.45, 2.75) is 12.5 Å². The fourth-order valence-corrected chi connectivity index (χ4v) is 0.817. The van der Waals surface area contributed by atoms with Crippen molar-refractivity contribution in [3.63, 3.8) is 0 Å². The van der Waals surface area contributed by atoms with Gasteiger partial charge in [-0.2, -0.15) is 0 Å². The molecule has 1 aromatic rings. The first kappa shape index (κ1) is 13.2. The summed E-state index contributed by atoms with van der Waals surface area (Å²) >= 11 is 0. The summed E-state index contributed by atoms with van der Waals surface area (Å²) in [6.07, 6.45) is 3.16. The second-order valence-corrected chi connectivity index (χ2v) is 2.36. The van der Waals surface area contributed by atoms with Gasteiger partial charge in [0.1, 0.15) is 0 Å². The van der Waals surface area contributed by atoms with Crippen molar-refractivity contribution >= 4 is 5.91 Å². The van der Waals surface area contributed by atoms with Gasteiger partial charge >= 0.3 is 0 Å². The van der Waals surface area contributed by atoms with E-state index in [1.54, 1.807) is 0 Å². The normalized spacial score (nSPS) is 10.9. The van der Waals surface area contributed by atoms with Crippen molar-refractivity contribution in [1.29, 1.82) is 0 Å². The van der Waals surface area contributed by atoms with E-state index in [4.69, 9.17) is 11.3 Å². The molecule has 0 aromatic carbocycles. The molecular formula is C6H7N6OU-. The van der Waals surface area contributed by atoms with Gasteiger partial charge in [-0.15, -0.1) is 0 Å². The maximum atomic E-state index is 10.8. The number of nitrogens with zero attached hydrogens (tertiary/aromatic N) is 4. The predicted octanol–water partition coefficient (Wildman–Crippen LogP) is 1.21. The van der Waals surface area contributed by atoms with Crippen LogP contribution in [0.2, 0.25) is 0 Å². The van der Waals surface area contributed by atoms with Gasteiger partial charge in [0.25, 0.3) is 0 Å². The summed E-state index contributed by atoms with van der Waals surface area (Å²) in [7, 11) is 0. The van der Waals surface area contributed by atoms with Crippen molar-refractivity contribution in [3.05, 3.63) is 34.4 Å². The molecule has 1 amide bonds. The van der Waals surface area contributed by atoms with E-state index in [1.807, 2.05) is 0 Å². The van der Waals surface area contributed by atoms with Crippen LogP contribution in [-0.2, 0) is 11.2 Å². The summed E-state index contributed by atoms with van der Waals surface area (Å²) in [5, 5.41) is 2.82. The third-order valence-corrected chi connectivity index (χ3v) is 1.42. The maximum Gasteiger partial charge on any atom is 0.201 e. The predicted molar refractivity (Wildman–Crippen MR) is 44.6 cm³/mol. The number of aromatic nitrogens is 2. The number of hydrogen-bond donors (Lipinski definition) is 1. The third kappa shape index (κ3) is 3.94. The first-order valence-corrected chi connectivity index (χ1v) is 3.51. The topological polar surface area (TPSA) is 118 Å². The minimum atomic E-state index is -1.06. The monoisotopic (exact) mass is 418 g/mol. The maximum absolute atomic E-state index is 10.8. The molecule has 14 heavy (non-hydrogen) atoms. The Balaban J connectivity index is 0.00000169. The average Bonchev–Trinajstić information content (AvgIpc) is 2.57. The molecule has 0 saturated heterocycles. The number of carbonyl (C=O) groups excluding carboxylic acids is 1. The molecule has 1 aromatic heterocycles. The van der Waals surface area contributed by atoms with Crippen molar-refractivity contribution in [1.82, 2.24) is 9.97 Å². The second kappa shape index (κ2) is 6.63. The van der Waals surface area contributed by atoms with Crippen LogP contribution in [0.5, 0.6) is 0 Å². The van der Waals surface area contributed by atoms with E-state index in [9.17, 15) is 4.79 Å². The summed E-state index contributed by atoms with van der Waals surface area (Å²) in [4.78, 5) is 19.6. The van der Waals surface area contributed by atoms with Gasteiger partial charge in [0.2, 0.25) is 5.91 Å². The molecule has 1 heterocycles. The van der Waals surface area contributed by atoms with Crippen molar-refractivity contribution < 1.29 is 35.9 Å². The van der Waals surface area contributed by atoms with Crippen molar-refractivity contribution in [2.24, 2.45) is 5.11 Å². The largest absolute Gasteiger partial charge is 0.668 e. The molecule has 0 radical (unpaired) electrons. The molecule has 1 atom stereocenters. The second-order valence-electron chi connectivity index (χ2n) is 2.36. The summed E-state index contributed by atoms with van der Waals surface area (Å²) in [5.41, 5.74) is 15.9. The fraction of sp³-hybridized carbons (Fsp3) is 0.333. The van der Waals surface area contributed by atoms with Gasteiger partial charge in [-0.25, -0.2) is 4.98 Å². The minimum absolute atomic E-state index is 0. The van der Waals surface area contributed by atoms with Gasteiger partial charge in [-0.05, 0) is 17.1 Å². The molecule has 72 valence electrons. The molecule has 0 aliphatic carbocycles. The van der Waals surface area contributed by atoms with Crippen LogP contribution in [0.25, 0.3) is 16.2 Å². The Kier molecular flexibility index (Phi) is 6.25. The zero-order chi connectivity index (χ0) is 9.68. The molecule has 0 saturated carbocycles. The SMILES string of the molecule is [N-]=[N+]=[15N]C(=O)[C@@H]([NH-])Cc1cnc[nH]1.[U]. The Morgan fingerprint density at radius 2 is 2.57 bits per heavy atom. The van der Waals surface area contributed by atoms with E-state index in [2.05, 4.69) is 20.0 Å². The van der Waals surface area contributed by atoms with Gasteiger partial charge in [0.15, 0.2) is 0 Å². The molecule has 0 fully saturated rings. The number of amides is 1. The van der Waals surface area contributed by atoms with Crippen LogP contribution in [0.4, 0.5) is 0 Å². The molecule has 0 unspecified atom stereocenters. The van der Waals surface area contributed by atoms with Crippen molar-refractivity contribution in [2.75, 3.05) is 0 Å². The van der Waals surface area contributed by atoms with E-state index in [1.165, 1.54) is 12.5 Å². The molecule has 0 aliphatic heterocycles. The minimum Gasteiger partial charge on any atom is -0.668 e. The van der Waals surface area contributed by atoms with Gasteiger partial charge in [0, 0.05) is 47.9 Å². The van der Waals surface area contributed by atoms with E-state index in [0.717, 1.165) is 0 Å². The van der Waals surface area contributed by atoms with Gasteiger partial charge in [-0.3, -0.25) is 4.79 Å². The summed E-state index contributed by atoms with van der Waals surface area (Å²) < 4.78 is 0. The number of hydrogen-bond acceptors (Lipinski definition) is 2. The number of azide groups is 1. The molecule has 1 rings (SSSR count). The standard InChI is InChI=1S/C6H7N6O.U/c7-5(6(13)11-12-8)1-4-2-9-3-10-4;/h2-3,5,7H,1H2,(H,9,10);/q-1;/t5-;/m0./s1/i11+1;. The first-order valence-electron chi connectivity index (χ1n) is 3.51.